The molecule has 0 aliphatic rings. The second kappa shape index (κ2) is 5.02. The van der Waals surface area contributed by atoms with Gasteiger partial charge < -0.3 is 4.90 Å². The first-order chi connectivity index (χ1) is 6.25. The Balaban J connectivity index is 2.76. The normalized spacial score (nSPS) is 10.5. The predicted molar refractivity (Wildman–Crippen MR) is 55.2 cm³/mol. The van der Waals surface area contributed by atoms with E-state index in [1.165, 1.54) is 0 Å². The van der Waals surface area contributed by atoms with Crippen molar-refractivity contribution < 1.29 is 0 Å². The van der Waals surface area contributed by atoms with Crippen LogP contribution in [-0.4, -0.2) is 28.4 Å². The van der Waals surface area contributed by atoms with E-state index in [1.54, 1.807) is 12.4 Å². The lowest BCUT2D eigenvalue weighted by atomic mass is 10.3. The van der Waals surface area contributed by atoms with E-state index in [2.05, 4.69) is 28.7 Å². The van der Waals surface area contributed by atoms with Crippen LogP contribution in [0.1, 0.15) is 13.8 Å². The number of alkyl halides is 1. The van der Waals surface area contributed by atoms with Gasteiger partial charge in [-0.1, -0.05) is 0 Å². The van der Waals surface area contributed by atoms with Crippen molar-refractivity contribution in [3.05, 3.63) is 18.5 Å². The molecule has 13 heavy (non-hydrogen) atoms. The maximum atomic E-state index is 5.69. The van der Waals surface area contributed by atoms with Crippen LogP contribution in [0.2, 0.25) is 0 Å². The Morgan fingerprint density at radius 2 is 2.00 bits per heavy atom. The molecule has 0 aromatic carbocycles. The van der Waals surface area contributed by atoms with E-state index in [9.17, 15) is 0 Å². The lowest BCUT2D eigenvalue weighted by Gasteiger charge is -2.25. The van der Waals surface area contributed by atoms with E-state index in [0.29, 0.717) is 11.9 Å². The van der Waals surface area contributed by atoms with E-state index >= 15 is 0 Å². The lowest BCUT2D eigenvalue weighted by molar-refractivity contribution is 0.683. The maximum Gasteiger partial charge on any atom is 0.225 e. The first-order valence-corrected chi connectivity index (χ1v) is 4.88. The largest absolute Gasteiger partial charge is 0.337 e. The van der Waals surface area contributed by atoms with Gasteiger partial charge in [-0.2, -0.15) is 0 Å². The highest BCUT2D eigenvalue weighted by atomic mass is 35.5. The summed E-state index contributed by atoms with van der Waals surface area (Å²) in [5.74, 6) is 1.34. The van der Waals surface area contributed by atoms with Crippen molar-refractivity contribution in [2.45, 2.75) is 19.9 Å². The van der Waals surface area contributed by atoms with Gasteiger partial charge in [0.25, 0.3) is 0 Å². The molecule has 0 bridgehead atoms. The Morgan fingerprint density at radius 3 is 2.46 bits per heavy atom. The minimum absolute atomic E-state index is 0.376. The smallest absolute Gasteiger partial charge is 0.225 e. The minimum Gasteiger partial charge on any atom is -0.337 e. The fourth-order valence-electron chi connectivity index (χ4n) is 1.12. The minimum atomic E-state index is 0.376. The molecule has 0 N–H and O–H groups in total. The van der Waals surface area contributed by atoms with Gasteiger partial charge in [0.05, 0.1) is 0 Å². The summed E-state index contributed by atoms with van der Waals surface area (Å²) < 4.78 is 0. The number of hydrogen-bond donors (Lipinski definition) is 0. The molecule has 0 aliphatic carbocycles. The third-order valence-electron chi connectivity index (χ3n) is 1.76. The summed E-state index contributed by atoms with van der Waals surface area (Å²) in [6, 6.07) is 2.18. The Kier molecular flexibility index (Phi) is 3.96. The predicted octanol–water partition coefficient (Wildman–Crippen LogP) is 1.93. The first kappa shape index (κ1) is 10.3. The second-order valence-electron chi connectivity index (χ2n) is 3.02. The molecule has 0 saturated carbocycles. The lowest BCUT2D eigenvalue weighted by Crippen LogP contribution is -2.33. The molecule has 0 fully saturated rings. The van der Waals surface area contributed by atoms with Crippen LogP contribution >= 0.6 is 11.6 Å². The molecular weight excluding hydrogens is 186 g/mol. The van der Waals surface area contributed by atoms with Crippen molar-refractivity contribution in [2.24, 2.45) is 0 Å². The number of aromatic nitrogens is 2. The average molecular weight is 200 g/mol. The number of halogens is 1. The molecule has 0 radical (unpaired) electrons. The summed E-state index contributed by atoms with van der Waals surface area (Å²) in [5, 5.41) is 0. The first-order valence-electron chi connectivity index (χ1n) is 4.35. The second-order valence-corrected chi connectivity index (χ2v) is 3.40. The van der Waals surface area contributed by atoms with E-state index in [0.717, 1.165) is 12.5 Å². The average Bonchev–Trinajstić information content (AvgIpc) is 2.15. The molecule has 0 atom stereocenters. The summed E-state index contributed by atoms with van der Waals surface area (Å²) in [6.07, 6.45) is 3.48. The van der Waals surface area contributed by atoms with Gasteiger partial charge in [0.15, 0.2) is 0 Å². The van der Waals surface area contributed by atoms with Gasteiger partial charge in [0, 0.05) is 30.9 Å². The highest BCUT2D eigenvalue weighted by Gasteiger charge is 2.11. The highest BCUT2D eigenvalue weighted by molar-refractivity contribution is 6.18. The van der Waals surface area contributed by atoms with Crippen LogP contribution in [0.15, 0.2) is 18.5 Å². The summed E-state index contributed by atoms with van der Waals surface area (Å²) in [6.45, 7) is 4.98. The summed E-state index contributed by atoms with van der Waals surface area (Å²) in [4.78, 5) is 10.4. The van der Waals surface area contributed by atoms with E-state index in [4.69, 9.17) is 11.6 Å². The van der Waals surface area contributed by atoms with Gasteiger partial charge in [0.2, 0.25) is 5.95 Å². The summed E-state index contributed by atoms with van der Waals surface area (Å²) in [5.41, 5.74) is 0. The third-order valence-corrected chi connectivity index (χ3v) is 1.93. The van der Waals surface area contributed by atoms with Crippen LogP contribution in [0.3, 0.4) is 0 Å². The van der Waals surface area contributed by atoms with E-state index in [1.807, 2.05) is 6.07 Å². The Labute approximate surface area is 83.8 Å². The molecule has 1 aromatic heterocycles. The summed E-state index contributed by atoms with van der Waals surface area (Å²) in [7, 11) is 0. The highest BCUT2D eigenvalue weighted by Crippen LogP contribution is 2.09. The molecule has 0 saturated heterocycles. The van der Waals surface area contributed by atoms with Gasteiger partial charge >= 0.3 is 0 Å². The zero-order valence-corrected chi connectivity index (χ0v) is 8.70. The van der Waals surface area contributed by atoms with Crippen LogP contribution < -0.4 is 4.90 Å². The Bertz CT molecular complexity index is 238. The Morgan fingerprint density at radius 1 is 1.38 bits per heavy atom. The van der Waals surface area contributed by atoms with E-state index in [-0.39, 0.29) is 0 Å². The van der Waals surface area contributed by atoms with Crippen molar-refractivity contribution in [1.29, 1.82) is 0 Å². The van der Waals surface area contributed by atoms with Crippen LogP contribution in [0, 0.1) is 0 Å². The molecule has 0 aliphatic heterocycles. The molecule has 1 rings (SSSR count). The van der Waals surface area contributed by atoms with Gasteiger partial charge in [0.1, 0.15) is 0 Å². The van der Waals surface area contributed by atoms with Gasteiger partial charge in [-0.05, 0) is 19.9 Å². The van der Waals surface area contributed by atoms with Crippen molar-refractivity contribution in [1.82, 2.24) is 9.97 Å². The van der Waals surface area contributed by atoms with Crippen LogP contribution in [0.25, 0.3) is 0 Å². The fourth-order valence-corrected chi connectivity index (χ4v) is 1.30. The molecular formula is C9H14ClN3. The molecule has 0 spiro atoms. The zero-order valence-electron chi connectivity index (χ0n) is 7.94. The monoisotopic (exact) mass is 199 g/mol. The maximum absolute atomic E-state index is 5.69. The van der Waals surface area contributed by atoms with Crippen molar-refractivity contribution in [3.8, 4) is 0 Å². The standard InChI is InChI=1S/C9H14ClN3/c1-8(2)13(7-4-10)9-11-5-3-6-12-9/h3,5-6,8H,4,7H2,1-2H3. The number of anilines is 1. The molecule has 72 valence electrons. The number of nitrogens with zero attached hydrogens (tertiary/aromatic N) is 3. The quantitative estimate of drug-likeness (QED) is 0.694. The van der Waals surface area contributed by atoms with Crippen LogP contribution in [0.5, 0.6) is 0 Å². The van der Waals surface area contributed by atoms with Gasteiger partial charge in [-0.15, -0.1) is 11.6 Å². The zero-order chi connectivity index (χ0) is 9.68. The molecule has 0 amide bonds. The van der Waals surface area contributed by atoms with Crippen molar-refractivity contribution in [3.63, 3.8) is 0 Å². The fraction of sp³-hybridized carbons (Fsp3) is 0.556. The van der Waals surface area contributed by atoms with Crippen LogP contribution in [0.4, 0.5) is 5.95 Å². The van der Waals surface area contributed by atoms with E-state index < -0.39 is 0 Å². The van der Waals surface area contributed by atoms with Crippen molar-refractivity contribution in [2.75, 3.05) is 17.3 Å². The Hall–Kier alpha value is -0.830. The van der Waals surface area contributed by atoms with Gasteiger partial charge in [-0.3, -0.25) is 0 Å². The van der Waals surface area contributed by atoms with Crippen LogP contribution in [-0.2, 0) is 0 Å². The number of rotatable bonds is 4. The SMILES string of the molecule is CC(C)N(CCCl)c1ncccn1. The van der Waals surface area contributed by atoms with Crippen molar-refractivity contribution >= 4 is 17.5 Å². The molecule has 1 aromatic rings. The molecule has 0 unspecified atom stereocenters. The third kappa shape index (κ3) is 2.84. The molecule has 1 heterocycles. The molecule has 4 heteroatoms. The topological polar surface area (TPSA) is 29.0 Å². The van der Waals surface area contributed by atoms with Gasteiger partial charge in [-0.25, -0.2) is 9.97 Å². The summed E-state index contributed by atoms with van der Waals surface area (Å²) >= 11 is 5.69. The number of hydrogen-bond acceptors (Lipinski definition) is 3. The molecule has 3 nitrogen and oxygen atoms in total.